The Morgan fingerprint density at radius 1 is 0.889 bits per heavy atom. The zero-order valence-corrected chi connectivity index (χ0v) is 16.9. The summed E-state index contributed by atoms with van der Waals surface area (Å²) >= 11 is 9.62. The molecule has 5 heteroatoms. The maximum Gasteiger partial charge on any atom is 0.0892 e. The van der Waals surface area contributed by atoms with E-state index in [1.165, 1.54) is 11.1 Å². The van der Waals surface area contributed by atoms with E-state index in [-0.39, 0.29) is 6.04 Å². The van der Waals surface area contributed by atoms with E-state index in [9.17, 15) is 0 Å². The molecule has 2 aliphatic heterocycles. The van der Waals surface area contributed by atoms with Gasteiger partial charge in [0.2, 0.25) is 0 Å². The molecule has 0 bridgehead atoms. The first kappa shape index (κ1) is 17.0. The van der Waals surface area contributed by atoms with Gasteiger partial charge in [-0.3, -0.25) is 0 Å². The summed E-state index contributed by atoms with van der Waals surface area (Å²) in [4.78, 5) is 0. The third-order valence-electron chi connectivity index (χ3n) is 5.18. The summed E-state index contributed by atoms with van der Waals surface area (Å²) in [5, 5.41) is 10.2. The van der Waals surface area contributed by atoms with Crippen LogP contribution in [0.2, 0.25) is 5.02 Å². The fourth-order valence-electron chi connectivity index (χ4n) is 3.82. The topological polar surface area (TPSA) is 18.8 Å². The van der Waals surface area contributed by atoms with E-state index in [2.05, 4.69) is 86.7 Å². The molecular formula is C22H17BrClN3. The minimum absolute atomic E-state index is 0.213. The summed E-state index contributed by atoms with van der Waals surface area (Å²) < 4.78 is 1.06. The molecule has 0 saturated carbocycles. The van der Waals surface area contributed by atoms with Crippen molar-refractivity contribution in [2.45, 2.75) is 19.0 Å². The highest BCUT2D eigenvalue weighted by Gasteiger charge is 2.39. The summed E-state index contributed by atoms with van der Waals surface area (Å²) in [6.07, 6.45) is 0.949. The van der Waals surface area contributed by atoms with Gasteiger partial charge >= 0.3 is 0 Å². The van der Waals surface area contributed by atoms with Crippen LogP contribution in [0.4, 0.5) is 5.69 Å². The first-order valence-electron chi connectivity index (χ1n) is 8.92. The average Bonchev–Trinajstić information content (AvgIpc) is 3.06. The van der Waals surface area contributed by atoms with Crippen LogP contribution in [-0.2, 0) is 13.0 Å². The van der Waals surface area contributed by atoms with Gasteiger partial charge in [0, 0.05) is 16.0 Å². The van der Waals surface area contributed by atoms with E-state index in [0.717, 1.165) is 39.4 Å². The Hall–Kier alpha value is -2.14. The molecule has 0 amide bonds. The lowest BCUT2D eigenvalue weighted by atomic mass is 9.90. The van der Waals surface area contributed by atoms with Crippen LogP contribution in [0.5, 0.6) is 0 Å². The first-order valence-corrected chi connectivity index (χ1v) is 10.1. The summed E-state index contributed by atoms with van der Waals surface area (Å²) in [6, 6.07) is 25.2. The Bertz CT molecular complexity index is 1010. The number of hydrazine groups is 1. The molecule has 27 heavy (non-hydrogen) atoms. The molecule has 0 spiro atoms. The van der Waals surface area contributed by atoms with E-state index in [0.29, 0.717) is 0 Å². The third kappa shape index (κ3) is 3.08. The number of hydrazone groups is 1. The lowest BCUT2D eigenvalue weighted by Crippen LogP contribution is -2.47. The van der Waals surface area contributed by atoms with Crippen LogP contribution in [0.25, 0.3) is 0 Å². The van der Waals surface area contributed by atoms with Crippen LogP contribution in [0, 0.1) is 0 Å². The van der Waals surface area contributed by atoms with Crippen molar-refractivity contribution in [1.82, 2.24) is 5.01 Å². The molecule has 3 aromatic rings. The van der Waals surface area contributed by atoms with Crippen LogP contribution >= 0.6 is 27.5 Å². The molecule has 134 valence electrons. The highest BCUT2D eigenvalue weighted by molar-refractivity contribution is 9.10. The second-order valence-electron chi connectivity index (χ2n) is 6.84. The van der Waals surface area contributed by atoms with Crippen molar-refractivity contribution in [3.05, 3.63) is 99.0 Å². The van der Waals surface area contributed by atoms with Crippen LogP contribution in [0.3, 0.4) is 0 Å². The highest BCUT2D eigenvalue weighted by Crippen LogP contribution is 2.35. The maximum atomic E-state index is 6.10. The van der Waals surface area contributed by atoms with Gasteiger partial charge in [0.25, 0.3) is 0 Å². The molecule has 0 radical (unpaired) electrons. The van der Waals surface area contributed by atoms with Gasteiger partial charge in [-0.25, -0.2) is 0 Å². The van der Waals surface area contributed by atoms with Crippen molar-refractivity contribution in [2.75, 3.05) is 5.12 Å². The molecule has 1 unspecified atom stereocenters. The fourth-order valence-corrected chi connectivity index (χ4v) is 4.21. The largest absolute Gasteiger partial charge is 0.193 e. The smallest absolute Gasteiger partial charge is 0.0892 e. The molecular weight excluding hydrogens is 422 g/mol. The zero-order valence-electron chi connectivity index (χ0n) is 14.5. The van der Waals surface area contributed by atoms with Gasteiger partial charge in [-0.1, -0.05) is 63.9 Å². The molecule has 2 heterocycles. The summed E-state index contributed by atoms with van der Waals surface area (Å²) in [5.74, 6) is 0. The number of fused-ring (bicyclic) bond motifs is 2. The molecule has 3 nitrogen and oxygen atoms in total. The van der Waals surface area contributed by atoms with Crippen LogP contribution in [0.15, 0.2) is 82.4 Å². The Morgan fingerprint density at radius 3 is 2.33 bits per heavy atom. The fraction of sp³-hybridized carbons (Fsp3) is 0.136. The Morgan fingerprint density at radius 2 is 1.59 bits per heavy atom. The lowest BCUT2D eigenvalue weighted by molar-refractivity contribution is 0.218. The number of nitrogens with zero attached hydrogens (tertiary/aromatic N) is 3. The molecule has 0 aromatic heterocycles. The maximum absolute atomic E-state index is 6.10. The van der Waals surface area contributed by atoms with Crippen LogP contribution in [0.1, 0.15) is 16.7 Å². The number of hydrogen-bond acceptors (Lipinski definition) is 3. The molecule has 0 aliphatic carbocycles. The highest BCUT2D eigenvalue weighted by atomic mass is 79.9. The standard InChI is InChI=1S/C22H17BrClN3/c23-18-7-11-20(12-8-18)27-25-22(15-5-9-19(24)10-6-15)21-13-16-3-1-2-4-17(16)14-26(21)27/h1-12,21H,13-14H2. The Kier molecular flexibility index (Phi) is 4.27. The van der Waals surface area contributed by atoms with Gasteiger partial charge < -0.3 is 0 Å². The zero-order chi connectivity index (χ0) is 18.4. The van der Waals surface area contributed by atoms with Crippen LogP contribution < -0.4 is 5.12 Å². The van der Waals surface area contributed by atoms with Gasteiger partial charge in [0.1, 0.15) is 0 Å². The van der Waals surface area contributed by atoms with E-state index < -0.39 is 0 Å². The Labute approximate surface area is 172 Å². The number of anilines is 1. The predicted octanol–water partition coefficient (Wildman–Crippen LogP) is 5.67. The molecule has 2 aliphatic rings. The molecule has 0 fully saturated rings. The molecule has 1 atom stereocenters. The van der Waals surface area contributed by atoms with Gasteiger partial charge in [-0.05, 0) is 59.5 Å². The lowest BCUT2D eigenvalue weighted by Gasteiger charge is -2.36. The molecule has 0 N–H and O–H groups in total. The number of hydrogen-bond donors (Lipinski definition) is 0. The van der Waals surface area contributed by atoms with Crippen molar-refractivity contribution in [3.8, 4) is 0 Å². The quantitative estimate of drug-likeness (QED) is 0.513. The summed E-state index contributed by atoms with van der Waals surface area (Å²) in [7, 11) is 0. The molecule has 3 aromatic carbocycles. The molecule has 0 saturated heterocycles. The normalized spacial score (nSPS) is 18.8. The van der Waals surface area contributed by atoms with Crippen molar-refractivity contribution >= 4 is 38.9 Å². The Balaban J connectivity index is 1.60. The van der Waals surface area contributed by atoms with Crippen molar-refractivity contribution < 1.29 is 0 Å². The minimum Gasteiger partial charge on any atom is -0.193 e. The average molecular weight is 439 g/mol. The van der Waals surface area contributed by atoms with E-state index >= 15 is 0 Å². The minimum atomic E-state index is 0.213. The van der Waals surface area contributed by atoms with Gasteiger partial charge in [-0.15, -0.1) is 0 Å². The monoisotopic (exact) mass is 437 g/mol. The van der Waals surface area contributed by atoms with E-state index in [4.69, 9.17) is 16.7 Å². The third-order valence-corrected chi connectivity index (χ3v) is 5.96. The van der Waals surface area contributed by atoms with Crippen molar-refractivity contribution in [3.63, 3.8) is 0 Å². The van der Waals surface area contributed by atoms with Crippen molar-refractivity contribution in [2.24, 2.45) is 5.10 Å². The first-order chi connectivity index (χ1) is 13.2. The predicted molar refractivity (Wildman–Crippen MR) is 114 cm³/mol. The number of halogens is 2. The molecule has 5 rings (SSSR count). The van der Waals surface area contributed by atoms with Crippen molar-refractivity contribution in [1.29, 1.82) is 0 Å². The van der Waals surface area contributed by atoms with Crippen LogP contribution in [-0.4, -0.2) is 16.8 Å². The SMILES string of the molecule is Clc1ccc(C2=NN(c3ccc(Br)cc3)N3Cc4ccccc4CC23)cc1. The summed E-state index contributed by atoms with van der Waals surface area (Å²) in [6.45, 7) is 0.845. The van der Waals surface area contributed by atoms with E-state index in [1.54, 1.807) is 0 Å². The second-order valence-corrected chi connectivity index (χ2v) is 8.20. The van der Waals surface area contributed by atoms with Gasteiger partial charge in [0.05, 0.1) is 17.4 Å². The second kappa shape index (κ2) is 6.79. The summed E-state index contributed by atoms with van der Waals surface area (Å²) in [5.41, 5.74) is 6.03. The van der Waals surface area contributed by atoms with E-state index in [1.807, 2.05) is 12.1 Å². The van der Waals surface area contributed by atoms with Gasteiger partial charge in [-0.2, -0.15) is 15.2 Å². The number of rotatable bonds is 2. The number of benzene rings is 3. The van der Waals surface area contributed by atoms with Gasteiger partial charge in [0.15, 0.2) is 0 Å².